The molecule has 0 bridgehead atoms. The van der Waals surface area contributed by atoms with Crippen molar-refractivity contribution in [3.8, 4) is 0 Å². The summed E-state index contributed by atoms with van der Waals surface area (Å²) in [5.41, 5.74) is 3.07. The molecule has 1 aliphatic rings. The highest BCUT2D eigenvalue weighted by atomic mass is 16.2. The minimum absolute atomic E-state index is 0.0481. The SMILES string of the molecule is CC(=O)N(CCC(=O)N1CCCc2ccccc21)c1ccccc1. The maximum Gasteiger partial charge on any atom is 0.228 e. The summed E-state index contributed by atoms with van der Waals surface area (Å²) >= 11 is 0. The Hall–Kier alpha value is -2.62. The summed E-state index contributed by atoms with van der Waals surface area (Å²) in [5, 5.41) is 0. The van der Waals surface area contributed by atoms with Crippen LogP contribution < -0.4 is 9.80 Å². The molecule has 2 aromatic rings. The standard InChI is InChI=1S/C20H22N2O2/c1-16(23)21(18-10-3-2-4-11-18)15-13-20(24)22-14-7-9-17-8-5-6-12-19(17)22/h2-6,8,10-12H,7,9,13-15H2,1H3. The van der Waals surface area contributed by atoms with Crippen LogP contribution in [0.1, 0.15) is 25.3 Å². The smallest absolute Gasteiger partial charge is 0.228 e. The molecule has 0 fully saturated rings. The Labute approximate surface area is 142 Å². The first-order valence-electron chi connectivity index (χ1n) is 8.38. The highest BCUT2D eigenvalue weighted by Crippen LogP contribution is 2.27. The summed E-state index contributed by atoms with van der Waals surface area (Å²) in [7, 11) is 0. The van der Waals surface area contributed by atoms with E-state index in [2.05, 4.69) is 6.07 Å². The Morgan fingerprint density at radius 2 is 1.75 bits per heavy atom. The largest absolute Gasteiger partial charge is 0.312 e. The molecule has 124 valence electrons. The molecule has 0 atom stereocenters. The van der Waals surface area contributed by atoms with Crippen LogP contribution in [0.25, 0.3) is 0 Å². The molecule has 1 aliphatic heterocycles. The maximum absolute atomic E-state index is 12.7. The van der Waals surface area contributed by atoms with Crippen LogP contribution in [0, 0.1) is 0 Å². The monoisotopic (exact) mass is 322 g/mol. The number of hydrogen-bond acceptors (Lipinski definition) is 2. The summed E-state index contributed by atoms with van der Waals surface area (Å²) in [4.78, 5) is 28.2. The van der Waals surface area contributed by atoms with Crippen LogP contribution in [0.3, 0.4) is 0 Å². The minimum Gasteiger partial charge on any atom is -0.312 e. The van der Waals surface area contributed by atoms with E-state index in [1.807, 2.05) is 53.4 Å². The third-order valence-electron chi connectivity index (χ3n) is 4.41. The Morgan fingerprint density at radius 3 is 2.50 bits per heavy atom. The Kier molecular flexibility index (Phi) is 4.94. The number of para-hydroxylation sites is 2. The third kappa shape index (κ3) is 3.48. The van der Waals surface area contributed by atoms with E-state index in [-0.39, 0.29) is 11.8 Å². The lowest BCUT2D eigenvalue weighted by molar-refractivity contribution is -0.118. The first kappa shape index (κ1) is 16.2. The van der Waals surface area contributed by atoms with Gasteiger partial charge in [-0.15, -0.1) is 0 Å². The maximum atomic E-state index is 12.7. The molecule has 24 heavy (non-hydrogen) atoms. The van der Waals surface area contributed by atoms with Crippen molar-refractivity contribution in [2.24, 2.45) is 0 Å². The Balaban J connectivity index is 1.70. The fraction of sp³-hybridized carbons (Fsp3) is 0.300. The number of hydrogen-bond donors (Lipinski definition) is 0. The van der Waals surface area contributed by atoms with Crippen LogP contribution in [0.5, 0.6) is 0 Å². The zero-order valence-electron chi connectivity index (χ0n) is 13.9. The quantitative estimate of drug-likeness (QED) is 0.865. The van der Waals surface area contributed by atoms with Crippen molar-refractivity contribution in [2.75, 3.05) is 22.9 Å². The number of rotatable bonds is 4. The topological polar surface area (TPSA) is 40.6 Å². The van der Waals surface area contributed by atoms with Crippen LogP contribution >= 0.6 is 0 Å². The first-order chi connectivity index (χ1) is 11.7. The van der Waals surface area contributed by atoms with Crippen molar-refractivity contribution in [3.63, 3.8) is 0 Å². The lowest BCUT2D eigenvalue weighted by Crippen LogP contribution is -2.38. The van der Waals surface area contributed by atoms with E-state index in [9.17, 15) is 9.59 Å². The minimum atomic E-state index is -0.0481. The molecule has 0 aromatic heterocycles. The summed E-state index contributed by atoms with van der Waals surface area (Å²) < 4.78 is 0. The molecule has 0 saturated carbocycles. The van der Waals surface area contributed by atoms with Gasteiger partial charge in [-0.05, 0) is 36.6 Å². The number of aryl methyl sites for hydroxylation is 1. The van der Waals surface area contributed by atoms with Gasteiger partial charge >= 0.3 is 0 Å². The molecule has 4 heteroatoms. The molecule has 0 spiro atoms. The van der Waals surface area contributed by atoms with Crippen molar-refractivity contribution in [2.45, 2.75) is 26.2 Å². The number of fused-ring (bicyclic) bond motifs is 1. The zero-order valence-corrected chi connectivity index (χ0v) is 13.9. The van der Waals surface area contributed by atoms with Gasteiger partial charge in [0.1, 0.15) is 0 Å². The second-order valence-electron chi connectivity index (χ2n) is 6.03. The van der Waals surface area contributed by atoms with Gasteiger partial charge in [0.15, 0.2) is 0 Å². The van der Waals surface area contributed by atoms with Gasteiger partial charge in [0.25, 0.3) is 0 Å². The van der Waals surface area contributed by atoms with E-state index in [1.54, 1.807) is 4.90 Å². The van der Waals surface area contributed by atoms with Gasteiger partial charge in [0.05, 0.1) is 0 Å². The van der Waals surface area contributed by atoms with Crippen LogP contribution in [-0.4, -0.2) is 24.9 Å². The van der Waals surface area contributed by atoms with Gasteiger partial charge in [-0.3, -0.25) is 9.59 Å². The van der Waals surface area contributed by atoms with Gasteiger partial charge in [0, 0.05) is 37.8 Å². The molecule has 0 aliphatic carbocycles. The number of carbonyl (C=O) groups excluding carboxylic acids is 2. The fourth-order valence-electron chi connectivity index (χ4n) is 3.21. The van der Waals surface area contributed by atoms with Crippen molar-refractivity contribution < 1.29 is 9.59 Å². The van der Waals surface area contributed by atoms with E-state index >= 15 is 0 Å². The van der Waals surface area contributed by atoms with Gasteiger partial charge in [0.2, 0.25) is 11.8 Å². The average Bonchev–Trinajstić information content (AvgIpc) is 2.62. The van der Waals surface area contributed by atoms with E-state index in [0.717, 1.165) is 30.8 Å². The summed E-state index contributed by atoms with van der Waals surface area (Å²) in [5.74, 6) is 0.0253. The van der Waals surface area contributed by atoms with E-state index in [4.69, 9.17) is 0 Å². The van der Waals surface area contributed by atoms with Gasteiger partial charge in [-0.2, -0.15) is 0 Å². The summed E-state index contributed by atoms with van der Waals surface area (Å²) in [6.07, 6.45) is 2.32. The molecule has 2 aromatic carbocycles. The molecular weight excluding hydrogens is 300 g/mol. The average molecular weight is 322 g/mol. The predicted octanol–water partition coefficient (Wildman–Crippen LogP) is 3.41. The molecule has 3 rings (SSSR count). The van der Waals surface area contributed by atoms with E-state index in [0.29, 0.717) is 13.0 Å². The highest BCUT2D eigenvalue weighted by Gasteiger charge is 2.23. The zero-order chi connectivity index (χ0) is 16.9. The lowest BCUT2D eigenvalue weighted by Gasteiger charge is -2.30. The lowest BCUT2D eigenvalue weighted by atomic mass is 10.0. The summed E-state index contributed by atoms with van der Waals surface area (Å²) in [6.45, 7) is 2.69. The van der Waals surface area contributed by atoms with Crippen molar-refractivity contribution in [3.05, 3.63) is 60.2 Å². The molecule has 4 nitrogen and oxygen atoms in total. The number of nitrogens with zero attached hydrogens (tertiary/aromatic N) is 2. The molecule has 0 N–H and O–H groups in total. The van der Waals surface area contributed by atoms with E-state index < -0.39 is 0 Å². The van der Waals surface area contributed by atoms with Crippen molar-refractivity contribution >= 4 is 23.2 Å². The highest BCUT2D eigenvalue weighted by molar-refractivity contribution is 5.96. The number of carbonyl (C=O) groups is 2. The second-order valence-corrected chi connectivity index (χ2v) is 6.03. The van der Waals surface area contributed by atoms with Crippen molar-refractivity contribution in [1.29, 1.82) is 0 Å². The number of amides is 2. The fourth-order valence-corrected chi connectivity index (χ4v) is 3.21. The summed E-state index contributed by atoms with van der Waals surface area (Å²) in [6, 6.07) is 17.6. The Bertz CT molecular complexity index is 727. The van der Waals surface area contributed by atoms with Gasteiger partial charge in [-0.25, -0.2) is 0 Å². The molecule has 1 heterocycles. The normalized spacial score (nSPS) is 13.3. The van der Waals surface area contributed by atoms with E-state index in [1.165, 1.54) is 12.5 Å². The second kappa shape index (κ2) is 7.30. The van der Waals surface area contributed by atoms with Crippen LogP contribution in [0.4, 0.5) is 11.4 Å². The molecule has 0 radical (unpaired) electrons. The number of anilines is 2. The Morgan fingerprint density at radius 1 is 1.04 bits per heavy atom. The van der Waals surface area contributed by atoms with Gasteiger partial charge in [-0.1, -0.05) is 36.4 Å². The van der Waals surface area contributed by atoms with Crippen LogP contribution in [0.2, 0.25) is 0 Å². The molecule has 0 saturated heterocycles. The van der Waals surface area contributed by atoms with Crippen LogP contribution in [-0.2, 0) is 16.0 Å². The first-order valence-corrected chi connectivity index (χ1v) is 8.38. The molecule has 0 unspecified atom stereocenters. The van der Waals surface area contributed by atoms with Crippen molar-refractivity contribution in [1.82, 2.24) is 0 Å². The predicted molar refractivity (Wildman–Crippen MR) is 96.2 cm³/mol. The van der Waals surface area contributed by atoms with Gasteiger partial charge < -0.3 is 9.80 Å². The van der Waals surface area contributed by atoms with Crippen LogP contribution in [0.15, 0.2) is 54.6 Å². The number of benzene rings is 2. The molecular formula is C20H22N2O2. The molecule has 2 amide bonds. The third-order valence-corrected chi connectivity index (χ3v) is 4.41.